The lowest BCUT2D eigenvalue weighted by molar-refractivity contribution is -0.137. The number of rotatable bonds is 6. The molecule has 0 saturated carbocycles. The molecule has 0 aliphatic rings. The zero-order chi connectivity index (χ0) is 20.1. The number of carbonyl (C=O) groups is 1. The first kappa shape index (κ1) is 20.2. The first-order valence-electron chi connectivity index (χ1n) is 7.93. The summed E-state index contributed by atoms with van der Waals surface area (Å²) in [5.41, 5.74) is 0.281. The molecule has 0 spiro atoms. The van der Waals surface area contributed by atoms with E-state index in [9.17, 15) is 18.0 Å². The van der Waals surface area contributed by atoms with E-state index in [2.05, 4.69) is 15.5 Å². The molecule has 1 amide bonds. The summed E-state index contributed by atoms with van der Waals surface area (Å²) in [6, 6.07) is 11.7. The standard InChI is InChI=1S/C18H14F3N3O2S2/c1-26-14-7-5-12(6-8-14)15(25)22-16-23-24-17(28-16)27-10-11-3-2-4-13(9-11)18(19,20)21/h2-9H,10H2,1H3,(H,22,23,25). The Hall–Kier alpha value is -2.59. The van der Waals surface area contributed by atoms with Crippen molar-refractivity contribution in [3.8, 4) is 5.75 Å². The van der Waals surface area contributed by atoms with Crippen molar-refractivity contribution in [2.45, 2.75) is 16.3 Å². The summed E-state index contributed by atoms with van der Waals surface area (Å²) in [4.78, 5) is 12.2. The van der Waals surface area contributed by atoms with Crippen molar-refractivity contribution in [3.63, 3.8) is 0 Å². The van der Waals surface area contributed by atoms with Gasteiger partial charge >= 0.3 is 6.18 Å². The lowest BCUT2D eigenvalue weighted by atomic mass is 10.1. The molecule has 3 aromatic rings. The van der Waals surface area contributed by atoms with Gasteiger partial charge in [-0.2, -0.15) is 13.2 Å². The largest absolute Gasteiger partial charge is 0.497 e. The van der Waals surface area contributed by atoms with Gasteiger partial charge in [-0.3, -0.25) is 10.1 Å². The third-order valence-electron chi connectivity index (χ3n) is 3.60. The first-order valence-corrected chi connectivity index (χ1v) is 9.73. The van der Waals surface area contributed by atoms with E-state index < -0.39 is 11.7 Å². The molecule has 0 unspecified atom stereocenters. The van der Waals surface area contributed by atoms with Crippen LogP contribution >= 0.6 is 23.1 Å². The maximum absolute atomic E-state index is 12.8. The van der Waals surface area contributed by atoms with E-state index >= 15 is 0 Å². The quantitative estimate of drug-likeness (QED) is 0.439. The predicted octanol–water partition coefficient (Wildman–Crippen LogP) is 5.11. The van der Waals surface area contributed by atoms with Gasteiger partial charge in [0, 0.05) is 11.3 Å². The smallest absolute Gasteiger partial charge is 0.416 e. The Morgan fingerprint density at radius 1 is 1.18 bits per heavy atom. The maximum Gasteiger partial charge on any atom is 0.416 e. The summed E-state index contributed by atoms with van der Waals surface area (Å²) in [5.74, 6) is 0.610. The highest BCUT2D eigenvalue weighted by Gasteiger charge is 2.30. The van der Waals surface area contributed by atoms with Crippen LogP contribution in [0.5, 0.6) is 5.75 Å². The molecule has 3 rings (SSSR count). The molecule has 0 aliphatic carbocycles. The van der Waals surface area contributed by atoms with Gasteiger partial charge in [-0.15, -0.1) is 10.2 Å². The van der Waals surface area contributed by atoms with Crippen LogP contribution in [-0.2, 0) is 11.9 Å². The summed E-state index contributed by atoms with van der Waals surface area (Å²) in [5, 5.41) is 10.8. The van der Waals surface area contributed by atoms with E-state index in [4.69, 9.17) is 4.74 Å². The fourth-order valence-electron chi connectivity index (χ4n) is 2.21. The van der Waals surface area contributed by atoms with Crippen molar-refractivity contribution in [3.05, 3.63) is 65.2 Å². The Bertz CT molecular complexity index is 959. The number of halogens is 3. The van der Waals surface area contributed by atoms with Gasteiger partial charge in [0.15, 0.2) is 4.34 Å². The number of ether oxygens (including phenoxy) is 1. The number of hydrogen-bond donors (Lipinski definition) is 1. The number of alkyl halides is 3. The molecule has 1 heterocycles. The second-order valence-corrected chi connectivity index (χ2v) is 7.74. The van der Waals surface area contributed by atoms with Crippen LogP contribution in [0.25, 0.3) is 0 Å². The molecule has 0 radical (unpaired) electrons. The molecular formula is C18H14F3N3O2S2. The van der Waals surface area contributed by atoms with Crippen molar-refractivity contribution >= 4 is 34.1 Å². The number of anilines is 1. The molecule has 0 aliphatic heterocycles. The molecule has 0 bridgehead atoms. The second kappa shape index (κ2) is 8.61. The number of amides is 1. The summed E-state index contributed by atoms with van der Waals surface area (Å²) in [6.45, 7) is 0. The molecular weight excluding hydrogens is 411 g/mol. The highest BCUT2D eigenvalue weighted by Crippen LogP contribution is 2.32. The van der Waals surface area contributed by atoms with Crippen molar-refractivity contribution < 1.29 is 22.7 Å². The van der Waals surface area contributed by atoms with Crippen molar-refractivity contribution in [2.24, 2.45) is 0 Å². The van der Waals surface area contributed by atoms with E-state index in [1.165, 1.54) is 24.9 Å². The molecule has 2 aromatic carbocycles. The van der Waals surface area contributed by atoms with E-state index in [0.717, 1.165) is 23.5 Å². The van der Waals surface area contributed by atoms with Crippen LogP contribution < -0.4 is 10.1 Å². The summed E-state index contributed by atoms with van der Waals surface area (Å²) in [6.07, 6.45) is -4.37. The van der Waals surface area contributed by atoms with E-state index in [1.807, 2.05) is 0 Å². The fourth-order valence-corrected chi connectivity index (χ4v) is 3.90. The van der Waals surface area contributed by atoms with Gasteiger partial charge in [0.05, 0.1) is 12.7 Å². The van der Waals surface area contributed by atoms with Crippen LogP contribution in [0.2, 0.25) is 0 Å². The summed E-state index contributed by atoms with van der Waals surface area (Å²) >= 11 is 2.41. The van der Waals surface area contributed by atoms with Gasteiger partial charge in [0.25, 0.3) is 5.91 Å². The maximum atomic E-state index is 12.8. The molecule has 5 nitrogen and oxygen atoms in total. The molecule has 1 N–H and O–H groups in total. The normalized spacial score (nSPS) is 11.3. The minimum absolute atomic E-state index is 0.310. The second-order valence-electron chi connectivity index (χ2n) is 5.54. The van der Waals surface area contributed by atoms with Crippen molar-refractivity contribution in [1.29, 1.82) is 0 Å². The Morgan fingerprint density at radius 2 is 1.93 bits per heavy atom. The first-order chi connectivity index (χ1) is 13.3. The number of nitrogens with one attached hydrogen (secondary N) is 1. The summed E-state index contributed by atoms with van der Waals surface area (Å²) in [7, 11) is 1.54. The Morgan fingerprint density at radius 3 is 2.61 bits per heavy atom. The van der Waals surface area contributed by atoms with Gasteiger partial charge in [-0.1, -0.05) is 41.3 Å². The monoisotopic (exact) mass is 425 g/mol. The van der Waals surface area contributed by atoms with E-state index in [-0.39, 0.29) is 5.91 Å². The van der Waals surface area contributed by atoms with Crippen LogP contribution in [0, 0.1) is 0 Å². The highest BCUT2D eigenvalue weighted by atomic mass is 32.2. The molecule has 0 fully saturated rings. The van der Waals surface area contributed by atoms with Crippen LogP contribution in [0.4, 0.5) is 18.3 Å². The Labute approximate surface area is 166 Å². The minimum atomic E-state index is -4.37. The number of carbonyl (C=O) groups excluding carboxylic acids is 1. The molecule has 0 atom stereocenters. The Balaban J connectivity index is 1.59. The molecule has 0 saturated heterocycles. The van der Waals surface area contributed by atoms with Gasteiger partial charge in [-0.25, -0.2) is 0 Å². The van der Waals surface area contributed by atoms with Gasteiger partial charge < -0.3 is 4.74 Å². The number of thioether (sulfide) groups is 1. The van der Waals surface area contributed by atoms with Crippen LogP contribution in [0.1, 0.15) is 21.5 Å². The average Bonchev–Trinajstić information content (AvgIpc) is 3.13. The van der Waals surface area contributed by atoms with Crippen LogP contribution in [0.3, 0.4) is 0 Å². The highest BCUT2D eigenvalue weighted by molar-refractivity contribution is 8.00. The average molecular weight is 425 g/mol. The number of nitrogens with zero attached hydrogens (tertiary/aromatic N) is 2. The molecule has 10 heteroatoms. The number of hydrogen-bond acceptors (Lipinski definition) is 6. The fraction of sp³-hybridized carbons (Fsp3) is 0.167. The van der Waals surface area contributed by atoms with Crippen molar-refractivity contribution in [1.82, 2.24) is 10.2 Å². The molecule has 28 heavy (non-hydrogen) atoms. The number of aromatic nitrogens is 2. The minimum Gasteiger partial charge on any atom is -0.497 e. The van der Waals surface area contributed by atoms with Gasteiger partial charge in [-0.05, 0) is 35.9 Å². The van der Waals surface area contributed by atoms with E-state index in [1.54, 1.807) is 30.3 Å². The lowest BCUT2D eigenvalue weighted by Gasteiger charge is -2.07. The third-order valence-corrected chi connectivity index (χ3v) is 5.64. The summed E-state index contributed by atoms with van der Waals surface area (Å²) < 4.78 is 43.9. The third kappa shape index (κ3) is 5.23. The van der Waals surface area contributed by atoms with E-state index in [0.29, 0.717) is 32.1 Å². The zero-order valence-electron chi connectivity index (χ0n) is 14.5. The predicted molar refractivity (Wildman–Crippen MR) is 102 cm³/mol. The number of methoxy groups -OCH3 is 1. The topological polar surface area (TPSA) is 64.1 Å². The SMILES string of the molecule is COc1ccc(C(=O)Nc2nnc(SCc3cccc(C(F)(F)F)c3)s2)cc1. The molecule has 146 valence electrons. The van der Waals surface area contributed by atoms with Gasteiger partial charge in [0.1, 0.15) is 5.75 Å². The van der Waals surface area contributed by atoms with Crippen molar-refractivity contribution in [2.75, 3.05) is 12.4 Å². The molecule has 1 aromatic heterocycles. The van der Waals surface area contributed by atoms with Crippen LogP contribution in [0.15, 0.2) is 52.9 Å². The lowest BCUT2D eigenvalue weighted by Crippen LogP contribution is -2.11. The Kier molecular flexibility index (Phi) is 6.20. The zero-order valence-corrected chi connectivity index (χ0v) is 16.1. The van der Waals surface area contributed by atoms with Crippen LogP contribution in [-0.4, -0.2) is 23.2 Å². The van der Waals surface area contributed by atoms with Gasteiger partial charge in [0.2, 0.25) is 5.13 Å². The number of benzene rings is 2.